The van der Waals surface area contributed by atoms with Crippen LogP contribution >= 0.6 is 0 Å². The summed E-state index contributed by atoms with van der Waals surface area (Å²) in [6.45, 7) is 1.69. The first-order valence-electron chi connectivity index (χ1n) is 4.89. The van der Waals surface area contributed by atoms with E-state index >= 15 is 0 Å². The summed E-state index contributed by atoms with van der Waals surface area (Å²) in [6, 6.07) is -0.738. The van der Waals surface area contributed by atoms with Crippen molar-refractivity contribution in [2.75, 3.05) is 7.11 Å². The number of methoxy groups -OCH3 is 1. The molecule has 0 aromatic rings. The first-order valence-corrected chi connectivity index (χ1v) is 4.89. The molecule has 15 heavy (non-hydrogen) atoms. The minimum Gasteiger partial charge on any atom is -0.469 e. The highest BCUT2D eigenvalue weighted by atomic mass is 16.6. The second kappa shape index (κ2) is 7.17. The van der Waals surface area contributed by atoms with Crippen molar-refractivity contribution in [1.29, 1.82) is 0 Å². The Morgan fingerprint density at radius 3 is 2.60 bits per heavy atom. The standard InChI is InChI=1S/C9H17NO5/c1-3-7(10(13)14)6-8(11)4-5-9(12)15-2/h7-8,11H,3-6H2,1-2H3. The molecule has 0 amide bonds. The molecule has 6 nitrogen and oxygen atoms in total. The lowest BCUT2D eigenvalue weighted by atomic mass is 10.0. The lowest BCUT2D eigenvalue weighted by Crippen LogP contribution is -2.25. The molecule has 0 aromatic carbocycles. The number of aliphatic hydroxyl groups excluding tert-OH is 1. The molecule has 6 heteroatoms. The first kappa shape index (κ1) is 13.8. The van der Waals surface area contributed by atoms with Gasteiger partial charge in [0.15, 0.2) is 0 Å². The van der Waals surface area contributed by atoms with E-state index in [1.807, 2.05) is 0 Å². The summed E-state index contributed by atoms with van der Waals surface area (Å²) >= 11 is 0. The predicted octanol–water partition coefficient (Wildman–Crippen LogP) is 0.746. The van der Waals surface area contributed by atoms with E-state index in [9.17, 15) is 20.0 Å². The second-order valence-corrected chi connectivity index (χ2v) is 3.35. The lowest BCUT2D eigenvalue weighted by Gasteiger charge is -2.12. The third-order valence-electron chi connectivity index (χ3n) is 2.22. The van der Waals surface area contributed by atoms with Gasteiger partial charge in [0, 0.05) is 24.2 Å². The Hall–Kier alpha value is -1.17. The normalized spacial score (nSPS) is 14.3. The summed E-state index contributed by atoms with van der Waals surface area (Å²) in [4.78, 5) is 20.8. The monoisotopic (exact) mass is 219 g/mol. The maximum atomic E-state index is 10.7. The fourth-order valence-electron chi connectivity index (χ4n) is 1.22. The highest BCUT2D eigenvalue weighted by molar-refractivity contribution is 5.69. The Morgan fingerprint density at radius 2 is 2.20 bits per heavy atom. The summed E-state index contributed by atoms with van der Waals surface area (Å²) in [5.74, 6) is -0.414. The van der Waals surface area contributed by atoms with Crippen LogP contribution in [0.4, 0.5) is 0 Å². The molecule has 0 fully saturated rings. The molecule has 0 rings (SSSR count). The molecule has 0 radical (unpaired) electrons. The average Bonchev–Trinajstić information content (AvgIpc) is 2.21. The van der Waals surface area contributed by atoms with E-state index in [4.69, 9.17) is 0 Å². The SMILES string of the molecule is CCC(CC(O)CCC(=O)OC)[N+](=O)[O-]. The van der Waals surface area contributed by atoms with Crippen molar-refractivity contribution < 1.29 is 19.6 Å². The molecular weight excluding hydrogens is 202 g/mol. The average molecular weight is 219 g/mol. The number of carbonyl (C=O) groups excluding carboxylic acids is 1. The number of rotatable bonds is 7. The maximum absolute atomic E-state index is 10.7. The number of nitrogens with zero attached hydrogens (tertiary/aromatic N) is 1. The number of hydrogen-bond donors (Lipinski definition) is 1. The van der Waals surface area contributed by atoms with Gasteiger partial charge in [0.2, 0.25) is 6.04 Å². The van der Waals surface area contributed by atoms with E-state index < -0.39 is 23.0 Å². The van der Waals surface area contributed by atoms with Crippen molar-refractivity contribution in [3.63, 3.8) is 0 Å². The molecule has 0 spiro atoms. The Kier molecular flexibility index (Phi) is 6.61. The van der Waals surface area contributed by atoms with Gasteiger partial charge in [-0.25, -0.2) is 0 Å². The summed E-state index contributed by atoms with van der Waals surface area (Å²) in [6.07, 6.45) is -0.0644. The van der Waals surface area contributed by atoms with Crippen LogP contribution < -0.4 is 0 Å². The van der Waals surface area contributed by atoms with Gasteiger partial charge in [0.1, 0.15) is 0 Å². The smallest absolute Gasteiger partial charge is 0.305 e. The van der Waals surface area contributed by atoms with Crippen molar-refractivity contribution >= 4 is 5.97 Å². The Balaban J connectivity index is 3.85. The zero-order chi connectivity index (χ0) is 11.8. The number of esters is 1. The predicted molar refractivity (Wildman–Crippen MR) is 52.9 cm³/mol. The van der Waals surface area contributed by atoms with Crippen molar-refractivity contribution in [3.05, 3.63) is 10.1 Å². The van der Waals surface area contributed by atoms with Crippen LogP contribution in [0.25, 0.3) is 0 Å². The lowest BCUT2D eigenvalue weighted by molar-refractivity contribution is -0.525. The van der Waals surface area contributed by atoms with Gasteiger partial charge >= 0.3 is 5.97 Å². The number of carbonyl (C=O) groups is 1. The zero-order valence-electron chi connectivity index (χ0n) is 9.01. The third-order valence-corrected chi connectivity index (χ3v) is 2.22. The zero-order valence-corrected chi connectivity index (χ0v) is 9.01. The van der Waals surface area contributed by atoms with E-state index in [1.165, 1.54) is 7.11 Å². The molecule has 0 aliphatic rings. The van der Waals surface area contributed by atoms with Crippen LogP contribution in [0.3, 0.4) is 0 Å². The van der Waals surface area contributed by atoms with E-state index in [2.05, 4.69) is 4.74 Å². The van der Waals surface area contributed by atoms with Crippen LogP contribution in [-0.2, 0) is 9.53 Å². The molecule has 0 saturated heterocycles. The molecule has 0 aromatic heterocycles. The van der Waals surface area contributed by atoms with Crippen molar-refractivity contribution in [2.24, 2.45) is 0 Å². The largest absolute Gasteiger partial charge is 0.469 e. The van der Waals surface area contributed by atoms with Crippen LogP contribution in [-0.4, -0.2) is 35.3 Å². The van der Waals surface area contributed by atoms with Gasteiger partial charge in [0.05, 0.1) is 13.2 Å². The molecule has 0 heterocycles. The van der Waals surface area contributed by atoms with Crippen LogP contribution in [0.5, 0.6) is 0 Å². The molecule has 2 unspecified atom stereocenters. The summed E-state index contributed by atoms with van der Waals surface area (Å²) in [5.41, 5.74) is 0. The molecule has 0 saturated carbocycles. The van der Waals surface area contributed by atoms with Gasteiger partial charge < -0.3 is 9.84 Å². The Labute approximate surface area is 88.4 Å². The van der Waals surface area contributed by atoms with E-state index in [1.54, 1.807) is 6.92 Å². The molecule has 0 aliphatic heterocycles. The van der Waals surface area contributed by atoms with Gasteiger partial charge in [-0.1, -0.05) is 6.92 Å². The highest BCUT2D eigenvalue weighted by Gasteiger charge is 2.22. The topological polar surface area (TPSA) is 89.7 Å². The number of ether oxygens (including phenoxy) is 1. The van der Waals surface area contributed by atoms with Crippen LogP contribution in [0.15, 0.2) is 0 Å². The summed E-state index contributed by atoms with van der Waals surface area (Å²) < 4.78 is 4.40. The fourth-order valence-corrected chi connectivity index (χ4v) is 1.22. The van der Waals surface area contributed by atoms with Crippen LogP contribution in [0, 0.1) is 10.1 Å². The third kappa shape index (κ3) is 6.01. The Bertz CT molecular complexity index is 219. The molecule has 2 atom stereocenters. The van der Waals surface area contributed by atoms with Gasteiger partial charge in [-0.2, -0.15) is 0 Å². The fraction of sp³-hybridized carbons (Fsp3) is 0.889. The summed E-state index contributed by atoms with van der Waals surface area (Å²) in [5, 5.41) is 19.9. The minimum absolute atomic E-state index is 0.0838. The minimum atomic E-state index is -0.820. The second-order valence-electron chi connectivity index (χ2n) is 3.35. The maximum Gasteiger partial charge on any atom is 0.305 e. The van der Waals surface area contributed by atoms with Crippen molar-refractivity contribution in [3.8, 4) is 0 Å². The molecule has 0 bridgehead atoms. The van der Waals surface area contributed by atoms with E-state index in [0.29, 0.717) is 6.42 Å². The van der Waals surface area contributed by atoms with E-state index in [-0.39, 0.29) is 19.3 Å². The van der Waals surface area contributed by atoms with Crippen molar-refractivity contribution in [1.82, 2.24) is 0 Å². The van der Waals surface area contributed by atoms with Crippen LogP contribution in [0.1, 0.15) is 32.6 Å². The van der Waals surface area contributed by atoms with Gasteiger partial charge in [-0.05, 0) is 6.42 Å². The molecule has 88 valence electrons. The van der Waals surface area contributed by atoms with Gasteiger partial charge in [-0.3, -0.25) is 14.9 Å². The number of nitro groups is 1. The van der Waals surface area contributed by atoms with Crippen LogP contribution in [0.2, 0.25) is 0 Å². The highest BCUT2D eigenvalue weighted by Crippen LogP contribution is 2.10. The number of aliphatic hydroxyl groups is 1. The first-order chi connectivity index (χ1) is 7.01. The Morgan fingerprint density at radius 1 is 1.60 bits per heavy atom. The van der Waals surface area contributed by atoms with Gasteiger partial charge in [-0.15, -0.1) is 0 Å². The molecule has 0 aliphatic carbocycles. The van der Waals surface area contributed by atoms with Gasteiger partial charge in [0.25, 0.3) is 0 Å². The quantitative estimate of drug-likeness (QED) is 0.387. The van der Waals surface area contributed by atoms with E-state index in [0.717, 1.165) is 0 Å². The summed E-state index contributed by atoms with van der Waals surface area (Å²) in [7, 11) is 1.26. The molecule has 1 N–H and O–H groups in total. The number of hydrogen-bond acceptors (Lipinski definition) is 5. The van der Waals surface area contributed by atoms with Crippen molar-refractivity contribution in [2.45, 2.75) is 44.8 Å². The molecular formula is C9H17NO5.